The molecule has 1 aliphatic carbocycles. The van der Waals surface area contributed by atoms with Gasteiger partial charge in [0.1, 0.15) is 0 Å². The van der Waals surface area contributed by atoms with Crippen LogP contribution in [0, 0.1) is 11.8 Å². The van der Waals surface area contributed by atoms with Crippen molar-refractivity contribution in [1.82, 2.24) is 5.32 Å². The summed E-state index contributed by atoms with van der Waals surface area (Å²) >= 11 is 0. The van der Waals surface area contributed by atoms with Crippen molar-refractivity contribution in [3.63, 3.8) is 0 Å². The summed E-state index contributed by atoms with van der Waals surface area (Å²) in [5.41, 5.74) is 1.23. The number of rotatable bonds is 5. The topological polar surface area (TPSA) is 29.1 Å². The maximum absolute atomic E-state index is 12.5. The van der Waals surface area contributed by atoms with Crippen molar-refractivity contribution in [2.75, 3.05) is 0 Å². The molecule has 20 heavy (non-hydrogen) atoms. The molecule has 0 aromatic heterocycles. The molecule has 1 aromatic carbocycles. The highest BCUT2D eigenvalue weighted by atomic mass is 16.1. The lowest BCUT2D eigenvalue weighted by Crippen LogP contribution is -2.35. The van der Waals surface area contributed by atoms with Crippen molar-refractivity contribution < 1.29 is 4.79 Å². The molecule has 1 amide bonds. The second-order valence-electron chi connectivity index (χ2n) is 6.44. The van der Waals surface area contributed by atoms with Crippen LogP contribution in [0.25, 0.3) is 0 Å². The van der Waals surface area contributed by atoms with E-state index < -0.39 is 0 Å². The molecule has 0 heterocycles. The van der Waals surface area contributed by atoms with Crippen LogP contribution in [0.1, 0.15) is 64.0 Å². The first-order valence-electron chi connectivity index (χ1n) is 8.02. The zero-order valence-electron chi connectivity index (χ0n) is 12.8. The van der Waals surface area contributed by atoms with Gasteiger partial charge in [0.05, 0.1) is 6.04 Å². The van der Waals surface area contributed by atoms with E-state index in [0.717, 1.165) is 19.3 Å². The Morgan fingerprint density at radius 2 is 1.80 bits per heavy atom. The number of hydrogen-bond donors (Lipinski definition) is 1. The van der Waals surface area contributed by atoms with E-state index in [1.165, 1.54) is 24.8 Å². The number of benzene rings is 1. The van der Waals surface area contributed by atoms with Crippen molar-refractivity contribution in [2.45, 2.75) is 58.4 Å². The Morgan fingerprint density at radius 3 is 2.40 bits per heavy atom. The molecule has 1 aliphatic rings. The fourth-order valence-electron chi connectivity index (χ4n) is 3.09. The summed E-state index contributed by atoms with van der Waals surface area (Å²) < 4.78 is 0. The van der Waals surface area contributed by atoms with E-state index in [9.17, 15) is 4.79 Å². The molecule has 0 saturated heterocycles. The van der Waals surface area contributed by atoms with Gasteiger partial charge in [0.15, 0.2) is 0 Å². The van der Waals surface area contributed by atoms with Crippen molar-refractivity contribution >= 4 is 5.91 Å². The summed E-state index contributed by atoms with van der Waals surface area (Å²) in [5.74, 6) is 1.08. The molecule has 1 saturated carbocycles. The van der Waals surface area contributed by atoms with Gasteiger partial charge in [-0.25, -0.2) is 0 Å². The fourth-order valence-corrected chi connectivity index (χ4v) is 3.09. The van der Waals surface area contributed by atoms with Crippen molar-refractivity contribution in [1.29, 1.82) is 0 Å². The first kappa shape index (κ1) is 15.1. The van der Waals surface area contributed by atoms with Gasteiger partial charge in [0.25, 0.3) is 0 Å². The first-order chi connectivity index (χ1) is 9.66. The molecule has 2 heteroatoms. The highest BCUT2D eigenvalue weighted by Crippen LogP contribution is 2.26. The van der Waals surface area contributed by atoms with Crippen molar-refractivity contribution in [2.24, 2.45) is 11.8 Å². The molecule has 0 spiro atoms. The maximum Gasteiger partial charge on any atom is 0.223 e. The molecule has 110 valence electrons. The van der Waals surface area contributed by atoms with Crippen LogP contribution in [-0.4, -0.2) is 5.91 Å². The minimum absolute atomic E-state index is 0.158. The predicted molar refractivity (Wildman–Crippen MR) is 83.4 cm³/mol. The van der Waals surface area contributed by atoms with Gasteiger partial charge in [-0.3, -0.25) is 4.79 Å². The van der Waals surface area contributed by atoms with Gasteiger partial charge in [-0.2, -0.15) is 0 Å². The minimum Gasteiger partial charge on any atom is -0.349 e. The van der Waals surface area contributed by atoms with Crippen LogP contribution in [0.5, 0.6) is 0 Å². The quantitative estimate of drug-likeness (QED) is 0.842. The van der Waals surface area contributed by atoms with Crippen LogP contribution in [-0.2, 0) is 4.79 Å². The molecule has 0 radical (unpaired) electrons. The summed E-state index contributed by atoms with van der Waals surface area (Å²) in [6.45, 7) is 4.42. The summed E-state index contributed by atoms with van der Waals surface area (Å²) in [4.78, 5) is 12.5. The van der Waals surface area contributed by atoms with E-state index in [1.54, 1.807) is 0 Å². The third-order valence-corrected chi connectivity index (χ3v) is 4.20. The summed E-state index contributed by atoms with van der Waals surface area (Å²) in [6.07, 6.45) is 6.83. The number of amides is 1. The first-order valence-corrected chi connectivity index (χ1v) is 8.02. The van der Waals surface area contributed by atoms with Crippen LogP contribution in [0.3, 0.4) is 0 Å². The van der Waals surface area contributed by atoms with E-state index in [4.69, 9.17) is 0 Å². The molecule has 0 aliphatic heterocycles. The van der Waals surface area contributed by atoms with Crippen LogP contribution >= 0.6 is 0 Å². The van der Waals surface area contributed by atoms with Gasteiger partial charge in [0, 0.05) is 5.92 Å². The van der Waals surface area contributed by atoms with Gasteiger partial charge < -0.3 is 5.32 Å². The van der Waals surface area contributed by atoms with Gasteiger partial charge in [-0.05, 0) is 30.7 Å². The normalized spacial score (nSPS) is 17.9. The average molecular weight is 273 g/mol. The number of carbonyl (C=O) groups excluding carboxylic acids is 1. The van der Waals surface area contributed by atoms with E-state index in [1.807, 2.05) is 6.07 Å². The molecule has 0 bridgehead atoms. The molecule has 1 aromatic rings. The Kier molecular flexibility index (Phi) is 5.63. The van der Waals surface area contributed by atoms with Crippen LogP contribution in [0.2, 0.25) is 0 Å². The van der Waals surface area contributed by atoms with E-state index >= 15 is 0 Å². The highest BCUT2D eigenvalue weighted by molar-refractivity contribution is 5.79. The summed E-state index contributed by atoms with van der Waals surface area (Å²) in [7, 11) is 0. The number of carbonyl (C=O) groups is 1. The van der Waals surface area contributed by atoms with Gasteiger partial charge >= 0.3 is 0 Å². The SMILES string of the molecule is CC(C)C[C@H](NC(=O)C1CCCCC1)c1ccccc1. The zero-order valence-corrected chi connectivity index (χ0v) is 12.8. The second-order valence-corrected chi connectivity index (χ2v) is 6.44. The van der Waals surface area contributed by atoms with Crippen LogP contribution < -0.4 is 5.32 Å². The average Bonchev–Trinajstić information content (AvgIpc) is 2.48. The van der Waals surface area contributed by atoms with Crippen molar-refractivity contribution in [3.8, 4) is 0 Å². The third kappa shape index (κ3) is 4.36. The van der Waals surface area contributed by atoms with Crippen molar-refractivity contribution in [3.05, 3.63) is 35.9 Å². The van der Waals surface area contributed by atoms with Gasteiger partial charge in [-0.1, -0.05) is 63.4 Å². The highest BCUT2D eigenvalue weighted by Gasteiger charge is 2.24. The number of hydrogen-bond acceptors (Lipinski definition) is 1. The molecular weight excluding hydrogens is 246 g/mol. The summed E-state index contributed by atoms with van der Waals surface area (Å²) in [5, 5.41) is 3.30. The minimum atomic E-state index is 0.158. The Hall–Kier alpha value is -1.31. The zero-order chi connectivity index (χ0) is 14.4. The molecular formula is C18H27NO. The smallest absolute Gasteiger partial charge is 0.223 e. The van der Waals surface area contributed by atoms with E-state index in [2.05, 4.69) is 43.4 Å². The molecule has 0 unspecified atom stereocenters. The van der Waals surface area contributed by atoms with E-state index in [0.29, 0.717) is 5.92 Å². The molecule has 2 rings (SSSR count). The molecule has 2 nitrogen and oxygen atoms in total. The third-order valence-electron chi connectivity index (χ3n) is 4.20. The lowest BCUT2D eigenvalue weighted by Gasteiger charge is -2.26. The molecule has 1 N–H and O–H groups in total. The fraction of sp³-hybridized carbons (Fsp3) is 0.611. The predicted octanol–water partition coefficient (Wildman–Crippen LogP) is 4.47. The number of nitrogens with one attached hydrogen (secondary N) is 1. The monoisotopic (exact) mass is 273 g/mol. The lowest BCUT2D eigenvalue weighted by atomic mass is 9.88. The standard InChI is InChI=1S/C18H27NO/c1-14(2)13-17(15-9-5-3-6-10-15)19-18(20)16-11-7-4-8-12-16/h3,5-6,9-10,14,16-17H,4,7-8,11-13H2,1-2H3,(H,19,20)/t17-/m0/s1. The van der Waals surface area contributed by atoms with Gasteiger partial charge in [-0.15, -0.1) is 0 Å². The molecule has 1 fully saturated rings. The Labute approximate surface area is 123 Å². The van der Waals surface area contributed by atoms with Crippen LogP contribution in [0.4, 0.5) is 0 Å². The van der Waals surface area contributed by atoms with E-state index in [-0.39, 0.29) is 17.9 Å². The largest absolute Gasteiger partial charge is 0.349 e. The van der Waals surface area contributed by atoms with Gasteiger partial charge in [0.2, 0.25) is 5.91 Å². The Balaban J connectivity index is 2.01. The molecule has 1 atom stereocenters. The maximum atomic E-state index is 12.5. The second kappa shape index (κ2) is 7.47. The lowest BCUT2D eigenvalue weighted by molar-refractivity contribution is -0.126. The van der Waals surface area contributed by atoms with Crippen LogP contribution in [0.15, 0.2) is 30.3 Å². The Morgan fingerprint density at radius 1 is 1.15 bits per heavy atom. The Bertz CT molecular complexity index is 407. The summed E-state index contributed by atoms with van der Waals surface area (Å²) in [6, 6.07) is 10.5.